The van der Waals surface area contributed by atoms with E-state index in [2.05, 4.69) is 33.8 Å². The molecule has 0 amide bonds. The van der Waals surface area contributed by atoms with Crippen LogP contribution in [0.15, 0.2) is 11.3 Å². The molecule has 0 aliphatic carbocycles. The summed E-state index contributed by atoms with van der Waals surface area (Å²) in [5.41, 5.74) is 0. The number of allylic oxidation sites excluding steroid dienone is 2. The molecular weight excluding hydrogens is 224 g/mol. The molecule has 0 aromatic carbocycles. The van der Waals surface area contributed by atoms with Crippen molar-refractivity contribution in [2.75, 3.05) is 12.5 Å². The summed E-state index contributed by atoms with van der Waals surface area (Å²) >= 11 is 5.61. The van der Waals surface area contributed by atoms with Gasteiger partial charge in [0.25, 0.3) is 0 Å². The first-order chi connectivity index (χ1) is 7.15. The Hall–Kier alpha value is 0.207. The number of rotatable bonds is 8. The fourth-order valence-electron chi connectivity index (χ4n) is 1.34. The summed E-state index contributed by atoms with van der Waals surface area (Å²) in [5.74, 6) is 1.98. The van der Waals surface area contributed by atoms with E-state index in [4.69, 9.17) is 16.0 Å². The van der Waals surface area contributed by atoms with Crippen LogP contribution in [-0.2, 0) is 4.43 Å². The highest BCUT2D eigenvalue weighted by Gasteiger charge is 2.09. The van der Waals surface area contributed by atoms with E-state index in [0.29, 0.717) is 24.3 Å². The molecule has 0 bridgehead atoms. The molecule has 0 N–H and O–H groups in total. The van der Waals surface area contributed by atoms with Crippen LogP contribution in [0.25, 0.3) is 0 Å². The molecule has 0 saturated heterocycles. The summed E-state index contributed by atoms with van der Waals surface area (Å²) in [6, 6.07) is 0. The van der Waals surface area contributed by atoms with Gasteiger partial charge >= 0.3 is 0 Å². The molecule has 90 valence electrons. The fourth-order valence-corrected chi connectivity index (χ4v) is 3.23. The van der Waals surface area contributed by atoms with Gasteiger partial charge in [0.05, 0.1) is 0 Å². The summed E-state index contributed by atoms with van der Waals surface area (Å²) < 4.78 is 5.65. The summed E-state index contributed by atoms with van der Waals surface area (Å²) in [6.45, 7) is 9.76. The van der Waals surface area contributed by atoms with Crippen LogP contribution < -0.4 is 0 Å². The van der Waals surface area contributed by atoms with Crippen LogP contribution in [0.4, 0.5) is 0 Å². The molecule has 0 rings (SSSR count). The Bertz CT molecular complexity index is 182. The Morgan fingerprint density at radius 3 is 2.47 bits per heavy atom. The summed E-state index contributed by atoms with van der Waals surface area (Å²) in [6.07, 6.45) is 4.85. The Balaban J connectivity index is 4.23. The van der Waals surface area contributed by atoms with Crippen molar-refractivity contribution in [3.05, 3.63) is 11.3 Å². The average Bonchev–Trinajstić information content (AvgIpc) is 2.26. The maximum atomic E-state index is 5.65. The van der Waals surface area contributed by atoms with Crippen molar-refractivity contribution < 1.29 is 4.43 Å². The van der Waals surface area contributed by atoms with Gasteiger partial charge in [-0.05, 0) is 11.8 Å². The van der Waals surface area contributed by atoms with E-state index >= 15 is 0 Å². The lowest BCUT2D eigenvalue weighted by atomic mass is 10.0. The van der Waals surface area contributed by atoms with Gasteiger partial charge in [-0.2, -0.15) is 0 Å². The molecule has 0 aliphatic heterocycles. The predicted molar refractivity (Wildman–Crippen MR) is 72.2 cm³/mol. The van der Waals surface area contributed by atoms with Crippen LogP contribution in [0.5, 0.6) is 0 Å². The average molecular weight is 249 g/mol. The molecule has 0 aromatic rings. The predicted octanol–water partition coefficient (Wildman–Crippen LogP) is 3.30. The monoisotopic (exact) mass is 248 g/mol. The van der Waals surface area contributed by atoms with E-state index < -0.39 is 9.76 Å². The third kappa shape index (κ3) is 7.15. The molecule has 0 heterocycles. The Morgan fingerprint density at radius 1 is 1.33 bits per heavy atom. The van der Waals surface area contributed by atoms with Crippen molar-refractivity contribution in [1.29, 1.82) is 0 Å². The van der Waals surface area contributed by atoms with Crippen molar-refractivity contribution in [1.82, 2.24) is 0 Å². The standard InChI is InChI=1S/C12H25ClOSi/c1-5-10(3)9-12(11(4)6-2)15-14-8-7-13/h9-11H,5-8,15H2,1-4H3. The van der Waals surface area contributed by atoms with E-state index in [0.717, 1.165) is 0 Å². The van der Waals surface area contributed by atoms with Gasteiger partial charge in [0, 0.05) is 12.5 Å². The van der Waals surface area contributed by atoms with Gasteiger partial charge in [0.2, 0.25) is 0 Å². The van der Waals surface area contributed by atoms with Gasteiger partial charge < -0.3 is 4.43 Å². The summed E-state index contributed by atoms with van der Waals surface area (Å²) in [5, 5.41) is 1.57. The quantitative estimate of drug-likeness (QED) is 0.364. The van der Waals surface area contributed by atoms with Crippen LogP contribution in [0.2, 0.25) is 0 Å². The number of alkyl halides is 1. The third-order valence-corrected chi connectivity index (χ3v) is 4.79. The van der Waals surface area contributed by atoms with Crippen LogP contribution in [0.3, 0.4) is 0 Å². The first-order valence-electron chi connectivity index (χ1n) is 5.99. The molecule has 0 spiro atoms. The highest BCUT2D eigenvalue weighted by Crippen LogP contribution is 2.17. The van der Waals surface area contributed by atoms with E-state index in [1.165, 1.54) is 12.8 Å². The van der Waals surface area contributed by atoms with Crippen molar-refractivity contribution in [2.24, 2.45) is 11.8 Å². The highest BCUT2D eigenvalue weighted by atomic mass is 35.5. The molecule has 2 atom stereocenters. The van der Waals surface area contributed by atoms with Gasteiger partial charge in [-0.15, -0.1) is 11.6 Å². The van der Waals surface area contributed by atoms with Crippen LogP contribution in [0, 0.1) is 11.8 Å². The van der Waals surface area contributed by atoms with Crippen molar-refractivity contribution in [3.8, 4) is 0 Å². The Morgan fingerprint density at radius 2 is 2.00 bits per heavy atom. The molecule has 0 fully saturated rings. The van der Waals surface area contributed by atoms with Gasteiger partial charge in [0.1, 0.15) is 0 Å². The van der Waals surface area contributed by atoms with Crippen molar-refractivity contribution >= 4 is 21.4 Å². The zero-order chi connectivity index (χ0) is 11.7. The number of hydrogen-bond donors (Lipinski definition) is 0. The van der Waals surface area contributed by atoms with E-state index in [-0.39, 0.29) is 0 Å². The minimum absolute atomic E-state index is 0.520. The second kappa shape index (κ2) is 9.43. The van der Waals surface area contributed by atoms with Crippen LogP contribution >= 0.6 is 11.6 Å². The molecule has 15 heavy (non-hydrogen) atoms. The molecule has 0 radical (unpaired) electrons. The topological polar surface area (TPSA) is 9.23 Å². The van der Waals surface area contributed by atoms with E-state index in [9.17, 15) is 0 Å². The van der Waals surface area contributed by atoms with Crippen LogP contribution in [-0.4, -0.2) is 22.3 Å². The second-order valence-corrected chi connectivity index (χ2v) is 6.07. The van der Waals surface area contributed by atoms with E-state index in [1.807, 2.05) is 0 Å². The van der Waals surface area contributed by atoms with Crippen LogP contribution in [0.1, 0.15) is 40.5 Å². The van der Waals surface area contributed by atoms with Gasteiger partial charge in [0.15, 0.2) is 9.76 Å². The third-order valence-electron chi connectivity index (χ3n) is 2.88. The lowest BCUT2D eigenvalue weighted by Gasteiger charge is -2.16. The molecule has 3 heteroatoms. The van der Waals surface area contributed by atoms with Gasteiger partial charge in [-0.3, -0.25) is 0 Å². The number of hydrogen-bond acceptors (Lipinski definition) is 1. The Labute approximate surface area is 102 Å². The molecule has 2 unspecified atom stereocenters. The maximum Gasteiger partial charge on any atom is 0.188 e. The minimum Gasteiger partial charge on any atom is -0.418 e. The molecule has 0 aromatic heterocycles. The zero-order valence-electron chi connectivity index (χ0n) is 10.6. The first kappa shape index (κ1) is 15.2. The van der Waals surface area contributed by atoms with Gasteiger partial charge in [-0.1, -0.05) is 51.8 Å². The SMILES string of the molecule is CCC(C)C=C([SiH2]OCCCl)C(C)CC. The Kier molecular flexibility index (Phi) is 9.56. The maximum absolute atomic E-state index is 5.65. The molecule has 0 saturated carbocycles. The molecule has 1 nitrogen and oxygen atoms in total. The molecular formula is C12H25ClOSi. The smallest absolute Gasteiger partial charge is 0.188 e. The summed E-state index contributed by atoms with van der Waals surface area (Å²) in [4.78, 5) is 0. The lowest BCUT2D eigenvalue weighted by Crippen LogP contribution is -2.12. The highest BCUT2D eigenvalue weighted by molar-refractivity contribution is 6.38. The van der Waals surface area contributed by atoms with Gasteiger partial charge in [-0.25, -0.2) is 0 Å². The minimum atomic E-state index is -0.520. The second-order valence-electron chi connectivity index (χ2n) is 4.18. The molecule has 0 aliphatic rings. The number of halogens is 1. The van der Waals surface area contributed by atoms with Crippen molar-refractivity contribution in [3.63, 3.8) is 0 Å². The largest absolute Gasteiger partial charge is 0.418 e. The fraction of sp³-hybridized carbons (Fsp3) is 0.833. The zero-order valence-corrected chi connectivity index (χ0v) is 12.7. The van der Waals surface area contributed by atoms with E-state index in [1.54, 1.807) is 5.20 Å². The van der Waals surface area contributed by atoms with Crippen molar-refractivity contribution in [2.45, 2.75) is 40.5 Å². The summed E-state index contributed by atoms with van der Waals surface area (Å²) in [7, 11) is -0.520. The first-order valence-corrected chi connectivity index (χ1v) is 7.81. The lowest BCUT2D eigenvalue weighted by molar-refractivity contribution is 0.364. The normalized spacial score (nSPS) is 17.3.